The Balaban J connectivity index is 1.19. The predicted octanol–water partition coefficient (Wildman–Crippen LogP) is 3.17. The first-order valence-corrected chi connectivity index (χ1v) is 11.5. The van der Waals surface area contributed by atoms with Crippen LogP contribution >= 0.6 is 11.3 Å². The van der Waals surface area contributed by atoms with E-state index in [2.05, 4.69) is 25.4 Å². The van der Waals surface area contributed by atoms with E-state index in [0.717, 1.165) is 35.2 Å². The maximum atomic E-state index is 12.6. The Labute approximate surface area is 191 Å². The number of aryl methyl sites for hydroxylation is 2. The molecule has 1 aliphatic heterocycles. The van der Waals surface area contributed by atoms with Crippen LogP contribution < -0.4 is 10.2 Å². The molecular weight excluding hydrogens is 424 g/mol. The molecule has 0 saturated carbocycles. The van der Waals surface area contributed by atoms with Crippen LogP contribution in [0, 0.1) is 6.92 Å². The van der Waals surface area contributed by atoms with Gasteiger partial charge in [-0.25, -0.2) is 4.98 Å². The van der Waals surface area contributed by atoms with Crippen molar-refractivity contribution in [3.8, 4) is 0 Å². The molecular formula is C23H26N6O2S. The van der Waals surface area contributed by atoms with Gasteiger partial charge in [-0.05, 0) is 37.6 Å². The molecule has 1 aliphatic rings. The van der Waals surface area contributed by atoms with Crippen LogP contribution in [0.5, 0.6) is 0 Å². The molecule has 1 N–H and O–H groups in total. The average Bonchev–Trinajstić information content (AvgIpc) is 3.30. The van der Waals surface area contributed by atoms with Gasteiger partial charge >= 0.3 is 0 Å². The number of hydrogen-bond acceptors (Lipinski definition) is 7. The Kier molecular flexibility index (Phi) is 7.06. The molecule has 0 unspecified atom stereocenters. The van der Waals surface area contributed by atoms with E-state index < -0.39 is 0 Å². The third kappa shape index (κ3) is 5.67. The molecule has 3 aromatic rings. The summed E-state index contributed by atoms with van der Waals surface area (Å²) >= 11 is 1.28. The number of amides is 2. The van der Waals surface area contributed by atoms with E-state index in [-0.39, 0.29) is 11.8 Å². The standard InChI is InChI=1S/C23H26N6O2S/c1-17-8-10-18(11-9-17)25-22(31)23-27-26-20(32-23)6-4-7-21(30)29-15-13-28(14-16-29)19-5-2-3-12-24-19/h2-3,5,8-12H,4,6-7,13-16H2,1H3,(H,25,31). The van der Waals surface area contributed by atoms with Crippen LogP contribution in [0.15, 0.2) is 48.7 Å². The Hall–Kier alpha value is -3.33. The molecule has 2 aromatic heterocycles. The van der Waals surface area contributed by atoms with Crippen LogP contribution in [-0.4, -0.2) is 58.1 Å². The fraction of sp³-hybridized carbons (Fsp3) is 0.348. The first-order valence-electron chi connectivity index (χ1n) is 10.7. The molecule has 9 heteroatoms. The highest BCUT2D eigenvalue weighted by Gasteiger charge is 2.21. The Morgan fingerprint density at radius 1 is 1.03 bits per heavy atom. The third-order valence-corrected chi connectivity index (χ3v) is 6.34. The molecule has 1 aromatic carbocycles. The number of aromatic nitrogens is 3. The molecule has 0 bridgehead atoms. The summed E-state index contributed by atoms with van der Waals surface area (Å²) in [5, 5.41) is 12.1. The van der Waals surface area contributed by atoms with E-state index >= 15 is 0 Å². The monoisotopic (exact) mass is 450 g/mol. The smallest absolute Gasteiger partial charge is 0.286 e. The average molecular weight is 451 g/mol. The maximum absolute atomic E-state index is 12.6. The van der Waals surface area contributed by atoms with Gasteiger partial charge in [0.15, 0.2) is 0 Å². The van der Waals surface area contributed by atoms with E-state index in [1.165, 1.54) is 11.3 Å². The minimum Gasteiger partial charge on any atom is -0.353 e. The van der Waals surface area contributed by atoms with E-state index in [1.807, 2.05) is 54.3 Å². The predicted molar refractivity (Wildman–Crippen MR) is 125 cm³/mol. The molecule has 1 fully saturated rings. The topological polar surface area (TPSA) is 91.3 Å². The number of carbonyl (C=O) groups is 2. The summed E-state index contributed by atoms with van der Waals surface area (Å²) in [4.78, 5) is 33.4. The van der Waals surface area contributed by atoms with Crippen LogP contribution in [0.25, 0.3) is 0 Å². The fourth-order valence-electron chi connectivity index (χ4n) is 3.54. The zero-order valence-corrected chi connectivity index (χ0v) is 18.8. The summed E-state index contributed by atoms with van der Waals surface area (Å²) in [7, 11) is 0. The van der Waals surface area contributed by atoms with Gasteiger partial charge in [0.05, 0.1) is 0 Å². The molecule has 0 atom stereocenters. The number of pyridine rings is 1. The minimum atomic E-state index is -0.264. The third-order valence-electron chi connectivity index (χ3n) is 5.36. The summed E-state index contributed by atoms with van der Waals surface area (Å²) in [5.41, 5.74) is 1.86. The van der Waals surface area contributed by atoms with E-state index in [9.17, 15) is 9.59 Å². The van der Waals surface area contributed by atoms with Crippen molar-refractivity contribution in [2.75, 3.05) is 36.4 Å². The molecule has 32 heavy (non-hydrogen) atoms. The van der Waals surface area contributed by atoms with Crippen LogP contribution in [0.4, 0.5) is 11.5 Å². The number of nitrogens with one attached hydrogen (secondary N) is 1. The van der Waals surface area contributed by atoms with E-state index in [4.69, 9.17) is 0 Å². The summed E-state index contributed by atoms with van der Waals surface area (Å²) in [5.74, 6) is 0.852. The summed E-state index contributed by atoms with van der Waals surface area (Å²) in [6.07, 6.45) is 3.58. The Morgan fingerprint density at radius 2 is 1.81 bits per heavy atom. The van der Waals surface area contributed by atoms with Gasteiger partial charge in [-0.1, -0.05) is 35.1 Å². The summed E-state index contributed by atoms with van der Waals surface area (Å²) in [6, 6.07) is 13.5. The number of piperazine rings is 1. The summed E-state index contributed by atoms with van der Waals surface area (Å²) in [6.45, 7) is 4.99. The van der Waals surface area contributed by atoms with Crippen molar-refractivity contribution >= 4 is 34.7 Å². The van der Waals surface area contributed by atoms with Crippen LogP contribution in [0.3, 0.4) is 0 Å². The zero-order chi connectivity index (χ0) is 22.3. The minimum absolute atomic E-state index is 0.160. The van der Waals surface area contributed by atoms with Gasteiger partial charge in [-0.3, -0.25) is 9.59 Å². The van der Waals surface area contributed by atoms with Gasteiger partial charge < -0.3 is 15.1 Å². The number of nitrogens with zero attached hydrogens (tertiary/aromatic N) is 5. The number of carbonyl (C=O) groups excluding carboxylic acids is 2. The highest BCUT2D eigenvalue weighted by Crippen LogP contribution is 2.17. The molecule has 1 saturated heterocycles. The van der Waals surface area contributed by atoms with Gasteiger partial charge in [0, 0.05) is 50.9 Å². The lowest BCUT2D eigenvalue weighted by molar-refractivity contribution is -0.131. The van der Waals surface area contributed by atoms with Crippen molar-refractivity contribution in [3.05, 3.63) is 64.2 Å². The first kappa shape index (κ1) is 21.9. The molecule has 166 valence electrons. The molecule has 0 radical (unpaired) electrons. The number of benzene rings is 1. The van der Waals surface area contributed by atoms with E-state index in [0.29, 0.717) is 37.4 Å². The lowest BCUT2D eigenvalue weighted by atomic mass is 10.2. The Morgan fingerprint density at radius 3 is 2.53 bits per heavy atom. The molecule has 3 heterocycles. The molecule has 2 amide bonds. The van der Waals surface area contributed by atoms with Crippen LogP contribution in [0.1, 0.15) is 33.2 Å². The van der Waals surface area contributed by atoms with Gasteiger partial charge in [-0.2, -0.15) is 0 Å². The van der Waals surface area contributed by atoms with Gasteiger partial charge in [-0.15, -0.1) is 10.2 Å². The number of hydrogen-bond donors (Lipinski definition) is 1. The lowest BCUT2D eigenvalue weighted by Gasteiger charge is -2.35. The van der Waals surface area contributed by atoms with Crippen molar-refractivity contribution in [2.45, 2.75) is 26.2 Å². The SMILES string of the molecule is Cc1ccc(NC(=O)c2nnc(CCCC(=O)N3CCN(c4ccccn4)CC3)s2)cc1. The number of anilines is 2. The second-order valence-electron chi connectivity index (χ2n) is 7.73. The van der Waals surface area contributed by atoms with Gasteiger partial charge in [0.1, 0.15) is 10.8 Å². The van der Waals surface area contributed by atoms with Gasteiger partial charge in [0.2, 0.25) is 10.9 Å². The normalized spacial score (nSPS) is 13.8. The highest BCUT2D eigenvalue weighted by molar-refractivity contribution is 7.13. The van der Waals surface area contributed by atoms with E-state index in [1.54, 1.807) is 6.20 Å². The summed E-state index contributed by atoms with van der Waals surface area (Å²) < 4.78 is 0. The van der Waals surface area contributed by atoms with Crippen molar-refractivity contribution in [1.29, 1.82) is 0 Å². The fourth-order valence-corrected chi connectivity index (χ4v) is 4.32. The van der Waals surface area contributed by atoms with Crippen molar-refractivity contribution in [2.24, 2.45) is 0 Å². The molecule has 8 nitrogen and oxygen atoms in total. The van der Waals surface area contributed by atoms with Gasteiger partial charge in [0.25, 0.3) is 5.91 Å². The molecule has 0 aliphatic carbocycles. The zero-order valence-electron chi connectivity index (χ0n) is 18.0. The highest BCUT2D eigenvalue weighted by atomic mass is 32.1. The lowest BCUT2D eigenvalue weighted by Crippen LogP contribution is -2.49. The molecule has 4 rings (SSSR count). The quantitative estimate of drug-likeness (QED) is 0.595. The van der Waals surface area contributed by atoms with Crippen molar-refractivity contribution in [3.63, 3.8) is 0 Å². The van der Waals surface area contributed by atoms with Crippen LogP contribution in [0.2, 0.25) is 0 Å². The molecule has 0 spiro atoms. The second kappa shape index (κ2) is 10.3. The number of rotatable bonds is 7. The second-order valence-corrected chi connectivity index (χ2v) is 8.79. The largest absolute Gasteiger partial charge is 0.353 e. The van der Waals surface area contributed by atoms with Crippen molar-refractivity contribution < 1.29 is 9.59 Å². The Bertz CT molecular complexity index is 1050. The van der Waals surface area contributed by atoms with Crippen molar-refractivity contribution in [1.82, 2.24) is 20.1 Å². The maximum Gasteiger partial charge on any atom is 0.286 e. The van der Waals surface area contributed by atoms with Crippen LogP contribution in [-0.2, 0) is 11.2 Å². The first-order chi connectivity index (χ1) is 15.6.